The van der Waals surface area contributed by atoms with Crippen LogP contribution in [0.25, 0.3) is 0 Å². The van der Waals surface area contributed by atoms with Gasteiger partial charge in [-0.3, -0.25) is 4.79 Å². The molecule has 0 bridgehead atoms. The van der Waals surface area contributed by atoms with Gasteiger partial charge in [-0.05, 0) is 42.4 Å². The van der Waals surface area contributed by atoms with E-state index < -0.39 is 0 Å². The molecule has 0 aliphatic carbocycles. The van der Waals surface area contributed by atoms with Crippen LogP contribution in [0, 0.1) is 23.7 Å². The van der Waals surface area contributed by atoms with Crippen molar-refractivity contribution in [2.45, 2.75) is 46.6 Å². The molecule has 3 atom stereocenters. The Morgan fingerprint density at radius 1 is 1.00 bits per heavy atom. The Bertz CT molecular complexity index is 572. The smallest absolute Gasteiger partial charge is 0.310 e. The van der Waals surface area contributed by atoms with Gasteiger partial charge in [0.1, 0.15) is 11.9 Å². The van der Waals surface area contributed by atoms with Gasteiger partial charge in [0.05, 0.1) is 13.0 Å². The molecular weight excluding hydrogens is 324 g/mol. The van der Waals surface area contributed by atoms with Crippen molar-refractivity contribution >= 4 is 5.97 Å². The molecule has 26 heavy (non-hydrogen) atoms. The van der Waals surface area contributed by atoms with Crippen LogP contribution in [0.1, 0.15) is 52.2 Å². The van der Waals surface area contributed by atoms with Crippen LogP contribution in [0.4, 0.5) is 0 Å². The van der Waals surface area contributed by atoms with Crippen LogP contribution >= 0.6 is 0 Å². The standard InChI is InChI=1S/C23H34O3/c1-8-10-20(16(3)4)22(18-12-14-19(25-7)15-13-18)26-23(24)21(11-9-2)17(5)6/h8-9,12-17,20-22H,1-2,10-11H2,3-7H3/t20-,21-,22+/m0/s1. The second-order valence-corrected chi connectivity index (χ2v) is 7.44. The van der Waals surface area contributed by atoms with Crippen molar-refractivity contribution in [1.29, 1.82) is 0 Å². The zero-order valence-electron chi connectivity index (χ0n) is 16.9. The minimum Gasteiger partial charge on any atom is -0.497 e. The molecule has 144 valence electrons. The molecule has 1 aromatic rings. The average Bonchev–Trinajstić information content (AvgIpc) is 2.62. The van der Waals surface area contributed by atoms with Crippen molar-refractivity contribution in [2.24, 2.45) is 23.7 Å². The molecule has 0 saturated carbocycles. The molecule has 3 heteroatoms. The predicted molar refractivity (Wildman–Crippen MR) is 108 cm³/mol. The van der Waals surface area contributed by atoms with Crippen LogP contribution in [0.3, 0.4) is 0 Å². The monoisotopic (exact) mass is 358 g/mol. The fourth-order valence-corrected chi connectivity index (χ4v) is 3.17. The van der Waals surface area contributed by atoms with Gasteiger partial charge in [-0.1, -0.05) is 52.0 Å². The van der Waals surface area contributed by atoms with Crippen molar-refractivity contribution in [3.63, 3.8) is 0 Å². The Labute approximate surface area is 159 Å². The normalized spacial score (nSPS) is 14.6. The van der Waals surface area contributed by atoms with Crippen LogP contribution in [-0.2, 0) is 9.53 Å². The number of hydrogen-bond donors (Lipinski definition) is 0. The number of methoxy groups -OCH3 is 1. The van der Waals surface area contributed by atoms with Crippen molar-refractivity contribution in [3.05, 3.63) is 55.1 Å². The first-order chi connectivity index (χ1) is 12.3. The molecule has 0 unspecified atom stereocenters. The zero-order valence-corrected chi connectivity index (χ0v) is 16.9. The number of allylic oxidation sites excluding steroid dienone is 2. The molecule has 0 heterocycles. The molecule has 0 radical (unpaired) electrons. The summed E-state index contributed by atoms with van der Waals surface area (Å²) in [5.74, 6) is 1.18. The molecule has 0 aliphatic heterocycles. The number of esters is 1. The van der Waals surface area contributed by atoms with E-state index in [1.165, 1.54) is 0 Å². The van der Waals surface area contributed by atoms with Gasteiger partial charge in [-0.25, -0.2) is 0 Å². The van der Waals surface area contributed by atoms with Gasteiger partial charge in [0.15, 0.2) is 0 Å². The first kappa shape index (κ1) is 22.0. The third-order valence-corrected chi connectivity index (χ3v) is 4.90. The molecule has 0 aliphatic rings. The average molecular weight is 359 g/mol. The van der Waals surface area contributed by atoms with Gasteiger partial charge in [0, 0.05) is 5.92 Å². The van der Waals surface area contributed by atoms with Crippen LogP contribution in [-0.4, -0.2) is 13.1 Å². The molecule has 0 fully saturated rings. The molecule has 3 nitrogen and oxygen atoms in total. The number of benzene rings is 1. The Hall–Kier alpha value is -2.03. The summed E-state index contributed by atoms with van der Waals surface area (Å²) in [6.45, 7) is 16.1. The van der Waals surface area contributed by atoms with Gasteiger partial charge in [0.2, 0.25) is 0 Å². The Balaban J connectivity index is 3.18. The maximum Gasteiger partial charge on any atom is 0.310 e. The summed E-state index contributed by atoms with van der Waals surface area (Å²) in [7, 11) is 1.64. The van der Waals surface area contributed by atoms with E-state index >= 15 is 0 Å². The third kappa shape index (κ3) is 6.05. The number of carbonyl (C=O) groups excluding carboxylic acids is 1. The number of hydrogen-bond acceptors (Lipinski definition) is 3. The summed E-state index contributed by atoms with van der Waals surface area (Å²) in [6, 6.07) is 7.77. The van der Waals surface area contributed by atoms with E-state index in [1.54, 1.807) is 13.2 Å². The zero-order chi connectivity index (χ0) is 19.7. The van der Waals surface area contributed by atoms with E-state index in [4.69, 9.17) is 9.47 Å². The fraction of sp³-hybridized carbons (Fsp3) is 0.522. The number of carbonyl (C=O) groups is 1. The maximum atomic E-state index is 12.9. The topological polar surface area (TPSA) is 35.5 Å². The molecule has 0 saturated heterocycles. The predicted octanol–water partition coefficient (Wildman–Crippen LogP) is 5.98. The lowest BCUT2D eigenvalue weighted by Gasteiger charge is -2.31. The second-order valence-electron chi connectivity index (χ2n) is 7.44. The largest absolute Gasteiger partial charge is 0.497 e. The lowest BCUT2D eigenvalue weighted by molar-refractivity contribution is -0.160. The van der Waals surface area contributed by atoms with E-state index in [0.717, 1.165) is 17.7 Å². The second kappa shape index (κ2) is 10.8. The Kier molecular flexibility index (Phi) is 9.18. The maximum absolute atomic E-state index is 12.9. The highest BCUT2D eigenvalue weighted by atomic mass is 16.5. The quantitative estimate of drug-likeness (QED) is 0.361. The lowest BCUT2D eigenvalue weighted by atomic mass is 9.83. The van der Waals surface area contributed by atoms with Crippen LogP contribution in [0.2, 0.25) is 0 Å². The number of ether oxygens (including phenoxy) is 2. The van der Waals surface area contributed by atoms with Crippen LogP contribution in [0.5, 0.6) is 5.75 Å². The molecule has 0 spiro atoms. The molecule has 0 aromatic heterocycles. The van der Waals surface area contributed by atoms with Gasteiger partial charge in [-0.15, -0.1) is 13.2 Å². The highest BCUT2D eigenvalue weighted by Crippen LogP contribution is 2.36. The summed E-state index contributed by atoms with van der Waals surface area (Å²) in [6.07, 6.45) is 4.80. The van der Waals surface area contributed by atoms with Crippen molar-refractivity contribution in [3.8, 4) is 5.75 Å². The molecule has 0 N–H and O–H groups in total. The molecule has 1 rings (SSSR count). The summed E-state index contributed by atoms with van der Waals surface area (Å²) in [5, 5.41) is 0. The molecule has 1 aromatic carbocycles. The van der Waals surface area contributed by atoms with Crippen molar-refractivity contribution in [2.75, 3.05) is 7.11 Å². The van der Waals surface area contributed by atoms with E-state index in [2.05, 4.69) is 27.0 Å². The first-order valence-electron chi connectivity index (χ1n) is 9.41. The summed E-state index contributed by atoms with van der Waals surface area (Å²) < 4.78 is 11.3. The fourth-order valence-electron chi connectivity index (χ4n) is 3.17. The lowest BCUT2D eigenvalue weighted by Crippen LogP contribution is -2.29. The Morgan fingerprint density at radius 3 is 2.00 bits per heavy atom. The van der Waals surface area contributed by atoms with Crippen LogP contribution in [0.15, 0.2) is 49.6 Å². The van der Waals surface area contributed by atoms with E-state index in [-0.39, 0.29) is 29.8 Å². The SMILES string of the molecule is C=CC[C@H](C(=O)O[C@H](c1ccc(OC)cc1)[C@@H](CC=C)C(C)C)C(C)C. The van der Waals surface area contributed by atoms with Crippen molar-refractivity contribution in [1.82, 2.24) is 0 Å². The number of rotatable bonds is 11. The van der Waals surface area contributed by atoms with Crippen molar-refractivity contribution < 1.29 is 14.3 Å². The van der Waals surface area contributed by atoms with E-state index in [9.17, 15) is 4.79 Å². The van der Waals surface area contributed by atoms with Crippen LogP contribution < -0.4 is 4.74 Å². The minimum atomic E-state index is -0.308. The van der Waals surface area contributed by atoms with E-state index in [0.29, 0.717) is 12.3 Å². The minimum absolute atomic E-state index is 0.157. The first-order valence-corrected chi connectivity index (χ1v) is 9.41. The van der Waals surface area contributed by atoms with Gasteiger partial charge < -0.3 is 9.47 Å². The highest BCUT2D eigenvalue weighted by Gasteiger charge is 2.32. The molecular formula is C23H34O3. The summed E-state index contributed by atoms with van der Waals surface area (Å²) in [5.41, 5.74) is 0.987. The summed E-state index contributed by atoms with van der Waals surface area (Å²) in [4.78, 5) is 12.9. The summed E-state index contributed by atoms with van der Waals surface area (Å²) >= 11 is 0. The highest BCUT2D eigenvalue weighted by molar-refractivity contribution is 5.73. The van der Waals surface area contributed by atoms with Gasteiger partial charge >= 0.3 is 5.97 Å². The Morgan fingerprint density at radius 2 is 1.58 bits per heavy atom. The van der Waals surface area contributed by atoms with E-state index in [1.807, 2.05) is 44.2 Å². The molecule has 0 amide bonds. The van der Waals surface area contributed by atoms with Gasteiger partial charge in [-0.2, -0.15) is 0 Å². The van der Waals surface area contributed by atoms with Gasteiger partial charge in [0.25, 0.3) is 0 Å². The third-order valence-electron chi connectivity index (χ3n) is 4.90.